The van der Waals surface area contributed by atoms with Crippen molar-refractivity contribution in [3.63, 3.8) is 0 Å². The van der Waals surface area contributed by atoms with Crippen LogP contribution >= 0.6 is 11.3 Å². The third-order valence-corrected chi connectivity index (χ3v) is 5.97. The Morgan fingerprint density at radius 3 is 2.47 bits per heavy atom. The minimum absolute atomic E-state index is 0.0543. The molecule has 0 unspecified atom stereocenters. The molecule has 7 nitrogen and oxygen atoms in total. The largest absolute Gasteiger partial charge is 0.462 e. The number of anilines is 2. The molecule has 30 heavy (non-hydrogen) atoms. The van der Waals surface area contributed by atoms with Crippen LogP contribution in [-0.4, -0.2) is 37.6 Å². The van der Waals surface area contributed by atoms with Crippen LogP contribution in [-0.2, 0) is 27.1 Å². The van der Waals surface area contributed by atoms with E-state index in [0.29, 0.717) is 21.8 Å². The minimum Gasteiger partial charge on any atom is -0.462 e. The summed E-state index contributed by atoms with van der Waals surface area (Å²) < 4.78 is 10.3. The normalized spacial score (nSPS) is 12.6. The van der Waals surface area contributed by atoms with E-state index in [4.69, 9.17) is 9.47 Å². The van der Waals surface area contributed by atoms with E-state index in [-0.39, 0.29) is 25.7 Å². The molecule has 0 saturated heterocycles. The smallest absolute Gasteiger partial charge is 0.341 e. The topological polar surface area (TPSA) is 93.7 Å². The van der Waals surface area contributed by atoms with Crippen LogP contribution < -0.4 is 10.6 Å². The van der Waals surface area contributed by atoms with Gasteiger partial charge < -0.3 is 20.1 Å². The van der Waals surface area contributed by atoms with Gasteiger partial charge in [0, 0.05) is 10.6 Å². The number of thiophene rings is 1. The number of carbonyl (C=O) groups is 3. The molecule has 3 rings (SSSR count). The summed E-state index contributed by atoms with van der Waals surface area (Å²) in [5, 5.41) is 6.37. The lowest BCUT2D eigenvalue weighted by atomic mass is 9.95. The third kappa shape index (κ3) is 4.99. The van der Waals surface area contributed by atoms with Crippen molar-refractivity contribution >= 4 is 39.9 Å². The van der Waals surface area contributed by atoms with E-state index in [1.165, 1.54) is 11.3 Å². The molecule has 0 spiro atoms. The number of carbonyl (C=O) groups excluding carboxylic acids is 3. The number of rotatable bonds is 8. The fourth-order valence-electron chi connectivity index (χ4n) is 3.44. The van der Waals surface area contributed by atoms with Crippen LogP contribution in [0.25, 0.3) is 0 Å². The second-order valence-corrected chi connectivity index (χ2v) is 7.91. The lowest BCUT2D eigenvalue weighted by molar-refractivity contribution is -0.114. The molecule has 2 aromatic rings. The van der Waals surface area contributed by atoms with E-state index in [2.05, 4.69) is 10.6 Å². The van der Waals surface area contributed by atoms with Gasteiger partial charge in [-0.05, 0) is 57.2 Å². The second-order valence-electron chi connectivity index (χ2n) is 6.80. The highest BCUT2D eigenvalue weighted by Gasteiger charge is 2.27. The average molecular weight is 431 g/mol. The molecule has 160 valence electrons. The van der Waals surface area contributed by atoms with Gasteiger partial charge in [-0.15, -0.1) is 11.3 Å². The summed E-state index contributed by atoms with van der Waals surface area (Å²) in [5.41, 5.74) is 2.37. The summed E-state index contributed by atoms with van der Waals surface area (Å²) in [7, 11) is 0. The van der Waals surface area contributed by atoms with Crippen LogP contribution in [0, 0.1) is 0 Å². The van der Waals surface area contributed by atoms with Crippen LogP contribution in [0.4, 0.5) is 10.7 Å². The molecule has 1 aromatic carbocycles. The fourth-order valence-corrected chi connectivity index (χ4v) is 4.74. The molecule has 2 N–H and O–H groups in total. The van der Waals surface area contributed by atoms with Crippen molar-refractivity contribution < 1.29 is 23.9 Å². The first-order chi connectivity index (χ1) is 14.5. The highest BCUT2D eigenvalue weighted by Crippen LogP contribution is 2.38. The quantitative estimate of drug-likeness (QED) is 0.614. The summed E-state index contributed by atoms with van der Waals surface area (Å²) in [6.45, 7) is 4.00. The molecule has 0 bridgehead atoms. The Morgan fingerprint density at radius 2 is 1.70 bits per heavy atom. The Morgan fingerprint density at radius 1 is 1.00 bits per heavy atom. The molecule has 1 aliphatic rings. The van der Waals surface area contributed by atoms with Gasteiger partial charge in [-0.25, -0.2) is 9.59 Å². The van der Waals surface area contributed by atoms with Gasteiger partial charge in [0.25, 0.3) is 0 Å². The first kappa shape index (κ1) is 21.8. The fraction of sp³-hybridized carbons (Fsp3) is 0.409. The molecule has 0 aliphatic heterocycles. The Labute approximate surface area is 179 Å². The zero-order valence-electron chi connectivity index (χ0n) is 17.2. The minimum atomic E-state index is -0.448. The van der Waals surface area contributed by atoms with E-state index in [1.54, 1.807) is 38.1 Å². The van der Waals surface area contributed by atoms with Gasteiger partial charge >= 0.3 is 11.9 Å². The van der Waals surface area contributed by atoms with Gasteiger partial charge in [-0.1, -0.05) is 12.1 Å². The molecular weight excluding hydrogens is 404 g/mol. The number of fused-ring (bicyclic) bond motifs is 1. The molecule has 8 heteroatoms. The monoisotopic (exact) mass is 430 g/mol. The number of para-hydroxylation sites is 1. The van der Waals surface area contributed by atoms with Crippen molar-refractivity contribution in [1.29, 1.82) is 0 Å². The SMILES string of the molecule is CCOC(=O)c1ccccc1NCC(=O)Nc1sc2c(c1C(=O)OCC)CCCC2. The number of benzene rings is 1. The Kier molecular flexibility index (Phi) is 7.46. The van der Waals surface area contributed by atoms with Crippen LogP contribution in [0.15, 0.2) is 24.3 Å². The van der Waals surface area contributed by atoms with Crippen LogP contribution in [0.2, 0.25) is 0 Å². The molecular formula is C22H26N2O5S. The maximum absolute atomic E-state index is 12.6. The van der Waals surface area contributed by atoms with Crippen LogP contribution in [0.1, 0.15) is 57.8 Å². The standard InChI is InChI=1S/C22H26N2O5S/c1-3-28-21(26)14-9-5-7-11-16(14)23-13-18(25)24-20-19(22(27)29-4-2)15-10-6-8-12-17(15)30-20/h5,7,9,11,23H,3-4,6,8,10,12-13H2,1-2H3,(H,24,25). The molecule has 1 aromatic heterocycles. The average Bonchev–Trinajstić information content (AvgIpc) is 3.10. The first-order valence-corrected chi connectivity index (χ1v) is 11.0. The van der Waals surface area contributed by atoms with Gasteiger partial charge in [0.1, 0.15) is 5.00 Å². The predicted molar refractivity (Wildman–Crippen MR) is 116 cm³/mol. The van der Waals surface area contributed by atoms with Gasteiger partial charge in [0.05, 0.1) is 30.9 Å². The summed E-state index contributed by atoms with van der Waals surface area (Å²) in [5.74, 6) is -1.15. The van der Waals surface area contributed by atoms with Crippen LogP contribution in [0.5, 0.6) is 0 Å². The third-order valence-electron chi connectivity index (χ3n) is 4.77. The number of hydrogen-bond donors (Lipinski definition) is 2. The number of nitrogens with one attached hydrogen (secondary N) is 2. The summed E-state index contributed by atoms with van der Waals surface area (Å²) in [6, 6.07) is 6.87. The number of ether oxygens (including phenoxy) is 2. The van der Waals surface area contributed by atoms with Gasteiger partial charge in [-0.2, -0.15) is 0 Å². The van der Waals surface area contributed by atoms with E-state index in [0.717, 1.165) is 36.1 Å². The van der Waals surface area contributed by atoms with Crippen molar-refractivity contribution in [1.82, 2.24) is 0 Å². The molecule has 0 atom stereocenters. The Hall–Kier alpha value is -2.87. The summed E-state index contributed by atoms with van der Waals surface area (Å²) >= 11 is 1.45. The molecule has 1 aliphatic carbocycles. The molecule has 0 saturated carbocycles. The second kappa shape index (κ2) is 10.2. The number of hydrogen-bond acceptors (Lipinski definition) is 7. The van der Waals surface area contributed by atoms with Gasteiger partial charge in [0.15, 0.2) is 0 Å². The zero-order valence-corrected chi connectivity index (χ0v) is 18.0. The zero-order chi connectivity index (χ0) is 21.5. The van der Waals surface area contributed by atoms with Crippen molar-refractivity contribution in [2.24, 2.45) is 0 Å². The number of aryl methyl sites for hydroxylation is 1. The Balaban J connectivity index is 1.72. The van der Waals surface area contributed by atoms with Crippen molar-refractivity contribution in [2.45, 2.75) is 39.5 Å². The molecule has 1 amide bonds. The predicted octanol–water partition coefficient (Wildman–Crippen LogP) is 4.03. The van der Waals surface area contributed by atoms with E-state index in [9.17, 15) is 14.4 Å². The van der Waals surface area contributed by atoms with Crippen molar-refractivity contribution in [3.8, 4) is 0 Å². The molecule has 1 heterocycles. The number of esters is 2. The van der Waals surface area contributed by atoms with E-state index >= 15 is 0 Å². The van der Waals surface area contributed by atoms with Gasteiger partial charge in [-0.3, -0.25) is 4.79 Å². The summed E-state index contributed by atoms with van der Waals surface area (Å²) in [6.07, 6.45) is 3.83. The molecule has 0 fully saturated rings. The highest BCUT2D eigenvalue weighted by molar-refractivity contribution is 7.17. The van der Waals surface area contributed by atoms with E-state index in [1.807, 2.05) is 0 Å². The summed E-state index contributed by atoms with van der Waals surface area (Å²) in [4.78, 5) is 38.3. The maximum atomic E-state index is 12.6. The molecule has 0 radical (unpaired) electrons. The van der Waals surface area contributed by atoms with Crippen LogP contribution in [0.3, 0.4) is 0 Å². The highest BCUT2D eigenvalue weighted by atomic mass is 32.1. The van der Waals surface area contributed by atoms with Crippen molar-refractivity contribution in [2.75, 3.05) is 30.4 Å². The number of amides is 1. The van der Waals surface area contributed by atoms with Gasteiger partial charge in [0.2, 0.25) is 5.91 Å². The lowest BCUT2D eigenvalue weighted by Crippen LogP contribution is -2.23. The maximum Gasteiger partial charge on any atom is 0.341 e. The Bertz CT molecular complexity index is 938. The van der Waals surface area contributed by atoms with Crippen molar-refractivity contribution in [3.05, 3.63) is 45.8 Å². The lowest BCUT2D eigenvalue weighted by Gasteiger charge is -2.13. The first-order valence-electron chi connectivity index (χ1n) is 10.2. The van der Waals surface area contributed by atoms with E-state index < -0.39 is 11.9 Å².